The average molecular weight is 224 g/mol. The molecule has 0 saturated carbocycles. The molecule has 0 unspecified atom stereocenters. The van der Waals surface area contributed by atoms with Crippen molar-refractivity contribution in [2.24, 2.45) is 0 Å². The molecule has 0 aliphatic heterocycles. The van der Waals surface area contributed by atoms with E-state index < -0.39 is 10.0 Å². The molecule has 0 radical (unpaired) electrons. The Bertz CT molecular complexity index is 628. The number of rotatable bonds is 2. The van der Waals surface area contributed by atoms with Gasteiger partial charge in [-0.05, 0) is 18.2 Å². The van der Waals surface area contributed by atoms with E-state index in [1.54, 1.807) is 18.2 Å². The Balaban J connectivity index is 2.78. The highest BCUT2D eigenvalue weighted by atomic mass is 32.2. The van der Waals surface area contributed by atoms with E-state index in [1.807, 2.05) is 0 Å². The average Bonchev–Trinajstić information content (AvgIpc) is 2.59. The van der Waals surface area contributed by atoms with Crippen LogP contribution in [0.3, 0.4) is 0 Å². The van der Waals surface area contributed by atoms with Crippen molar-refractivity contribution in [2.45, 2.75) is 0 Å². The van der Waals surface area contributed by atoms with Crippen LogP contribution in [-0.2, 0) is 10.0 Å². The Morgan fingerprint density at radius 1 is 1.40 bits per heavy atom. The van der Waals surface area contributed by atoms with Crippen molar-refractivity contribution in [3.8, 4) is 0 Å². The topological polar surface area (TPSA) is 69.0 Å². The Hall–Kier alpha value is -1.69. The van der Waals surface area contributed by atoms with Crippen molar-refractivity contribution >= 4 is 27.2 Å². The summed E-state index contributed by atoms with van der Waals surface area (Å²) in [5.41, 5.74) is 0.971. The molecule has 78 valence electrons. The fourth-order valence-corrected chi connectivity index (χ4v) is 2.11. The Morgan fingerprint density at radius 2 is 2.13 bits per heavy atom. The predicted molar refractivity (Wildman–Crippen MR) is 55.4 cm³/mol. The predicted octanol–water partition coefficient (Wildman–Crippen LogP) is 0.656. The molecule has 0 N–H and O–H groups in total. The molecule has 6 heteroatoms. The maximum Gasteiger partial charge on any atom is 0.251 e. The fraction of sp³-hybridized carbons (Fsp3) is 0.111. The first-order chi connectivity index (χ1) is 7.02. The van der Waals surface area contributed by atoms with Crippen LogP contribution in [0.5, 0.6) is 0 Å². The number of fused-ring (bicyclic) bond motifs is 1. The molecule has 1 aromatic heterocycles. The second kappa shape index (κ2) is 3.16. The Kier molecular flexibility index (Phi) is 2.08. The first-order valence-corrected chi connectivity index (χ1v) is 6.01. The van der Waals surface area contributed by atoms with Crippen LogP contribution in [0.1, 0.15) is 10.4 Å². The highest BCUT2D eigenvalue weighted by molar-refractivity contribution is 7.89. The summed E-state index contributed by atoms with van der Waals surface area (Å²) < 4.78 is 23.5. The number of aromatic nitrogens is 2. The largest absolute Gasteiger partial charge is 0.298 e. The van der Waals surface area contributed by atoms with Crippen molar-refractivity contribution in [2.75, 3.05) is 6.26 Å². The zero-order chi connectivity index (χ0) is 11.1. The standard InChI is InChI=1S/C9H8N2O3S/c1-15(13,14)11-9-3-2-7(6-12)4-8(9)5-10-11/h2-6H,1H3. The normalized spacial score (nSPS) is 11.8. The highest BCUT2D eigenvalue weighted by Gasteiger charge is 2.11. The molecular formula is C9H8N2O3S. The van der Waals surface area contributed by atoms with Crippen LogP contribution in [0.4, 0.5) is 0 Å². The van der Waals surface area contributed by atoms with Gasteiger partial charge in [0, 0.05) is 10.9 Å². The SMILES string of the molecule is CS(=O)(=O)n1ncc2cc(C=O)ccc21. The number of nitrogens with zero attached hydrogens (tertiary/aromatic N) is 2. The minimum absolute atomic E-state index is 0.475. The number of hydrogen-bond donors (Lipinski definition) is 0. The molecule has 0 atom stereocenters. The third kappa shape index (κ3) is 1.63. The second-order valence-electron chi connectivity index (χ2n) is 3.19. The second-order valence-corrected chi connectivity index (χ2v) is 5.00. The molecule has 0 bridgehead atoms. The van der Waals surface area contributed by atoms with Gasteiger partial charge in [-0.25, -0.2) is 8.42 Å². The highest BCUT2D eigenvalue weighted by Crippen LogP contribution is 2.16. The summed E-state index contributed by atoms with van der Waals surface area (Å²) in [6.07, 6.45) is 3.20. The molecule has 0 aliphatic carbocycles. The van der Waals surface area contributed by atoms with Crippen LogP contribution in [-0.4, -0.2) is 30.1 Å². The Morgan fingerprint density at radius 3 is 2.73 bits per heavy atom. The molecule has 1 heterocycles. The minimum atomic E-state index is -3.39. The van der Waals surface area contributed by atoms with Gasteiger partial charge >= 0.3 is 0 Å². The Labute approximate surface area is 86.4 Å². The molecule has 0 fully saturated rings. The molecule has 0 amide bonds. The molecule has 5 nitrogen and oxygen atoms in total. The maximum absolute atomic E-state index is 11.3. The van der Waals surface area contributed by atoms with E-state index in [1.165, 1.54) is 6.20 Å². The molecule has 0 spiro atoms. The number of hydrogen-bond acceptors (Lipinski definition) is 4. The summed E-state index contributed by atoms with van der Waals surface area (Å²) in [6, 6.07) is 4.71. The fourth-order valence-electron chi connectivity index (χ4n) is 1.37. The van der Waals surface area contributed by atoms with Gasteiger partial charge in [-0.3, -0.25) is 4.79 Å². The van der Waals surface area contributed by atoms with Gasteiger partial charge in [-0.1, -0.05) is 0 Å². The minimum Gasteiger partial charge on any atom is -0.298 e. The number of benzene rings is 1. The summed E-state index contributed by atoms with van der Waals surface area (Å²) in [6.45, 7) is 0. The molecule has 2 rings (SSSR count). The molecular weight excluding hydrogens is 216 g/mol. The van der Waals surface area contributed by atoms with Crippen molar-refractivity contribution in [1.29, 1.82) is 0 Å². The first-order valence-electron chi connectivity index (χ1n) is 4.16. The quantitative estimate of drug-likeness (QED) is 0.702. The lowest BCUT2D eigenvalue weighted by atomic mass is 10.2. The van der Waals surface area contributed by atoms with Gasteiger partial charge in [0.05, 0.1) is 18.0 Å². The summed E-state index contributed by atoms with van der Waals surface area (Å²) in [5, 5.41) is 4.38. The lowest BCUT2D eigenvalue weighted by Gasteiger charge is -1.99. The molecule has 0 aliphatic rings. The van der Waals surface area contributed by atoms with Crippen LogP contribution in [0.15, 0.2) is 24.4 Å². The third-order valence-electron chi connectivity index (χ3n) is 2.01. The molecule has 0 saturated heterocycles. The lowest BCUT2D eigenvalue weighted by Crippen LogP contribution is -2.11. The monoisotopic (exact) mass is 224 g/mol. The van der Waals surface area contributed by atoms with E-state index in [-0.39, 0.29) is 0 Å². The number of carbonyl (C=O) groups excluding carboxylic acids is 1. The zero-order valence-corrected chi connectivity index (χ0v) is 8.73. The van der Waals surface area contributed by atoms with Gasteiger partial charge in [-0.2, -0.15) is 9.19 Å². The van der Waals surface area contributed by atoms with Crippen LogP contribution in [0.2, 0.25) is 0 Å². The smallest absolute Gasteiger partial charge is 0.251 e. The van der Waals surface area contributed by atoms with E-state index in [4.69, 9.17) is 0 Å². The summed E-state index contributed by atoms with van der Waals surface area (Å²) in [5.74, 6) is 0. The number of aldehydes is 1. The van der Waals surface area contributed by atoms with Crippen molar-refractivity contribution in [3.63, 3.8) is 0 Å². The van der Waals surface area contributed by atoms with Gasteiger partial charge in [0.25, 0.3) is 10.0 Å². The molecule has 1 aromatic carbocycles. The molecule has 2 aromatic rings. The summed E-state index contributed by atoms with van der Waals surface area (Å²) >= 11 is 0. The van der Waals surface area contributed by atoms with Crippen LogP contribution >= 0.6 is 0 Å². The van der Waals surface area contributed by atoms with Crippen LogP contribution in [0, 0.1) is 0 Å². The number of carbonyl (C=O) groups is 1. The third-order valence-corrected chi connectivity index (χ3v) is 2.93. The van der Waals surface area contributed by atoms with Crippen LogP contribution in [0.25, 0.3) is 10.9 Å². The zero-order valence-electron chi connectivity index (χ0n) is 7.91. The van der Waals surface area contributed by atoms with Gasteiger partial charge in [0.2, 0.25) is 0 Å². The van der Waals surface area contributed by atoms with Crippen LogP contribution < -0.4 is 0 Å². The lowest BCUT2D eigenvalue weighted by molar-refractivity contribution is 0.112. The van der Waals surface area contributed by atoms with Gasteiger partial charge in [-0.15, -0.1) is 0 Å². The first kappa shape index (κ1) is 9.85. The van der Waals surface area contributed by atoms with Gasteiger partial charge < -0.3 is 0 Å². The van der Waals surface area contributed by atoms with E-state index in [2.05, 4.69) is 5.10 Å². The van der Waals surface area contributed by atoms with E-state index in [9.17, 15) is 13.2 Å². The van der Waals surface area contributed by atoms with Gasteiger partial charge in [0.15, 0.2) is 0 Å². The maximum atomic E-state index is 11.3. The van der Waals surface area contributed by atoms with Crippen molar-refractivity contribution in [1.82, 2.24) is 9.19 Å². The van der Waals surface area contributed by atoms with Crippen molar-refractivity contribution in [3.05, 3.63) is 30.0 Å². The summed E-state index contributed by atoms with van der Waals surface area (Å²) in [4.78, 5) is 10.5. The van der Waals surface area contributed by atoms with Gasteiger partial charge in [0.1, 0.15) is 6.29 Å². The summed E-state index contributed by atoms with van der Waals surface area (Å²) in [7, 11) is -3.39. The van der Waals surface area contributed by atoms with E-state index in [0.29, 0.717) is 22.8 Å². The van der Waals surface area contributed by atoms with E-state index in [0.717, 1.165) is 10.3 Å². The molecule has 15 heavy (non-hydrogen) atoms. The van der Waals surface area contributed by atoms with Crippen molar-refractivity contribution < 1.29 is 13.2 Å². The van der Waals surface area contributed by atoms with E-state index >= 15 is 0 Å².